The molecule has 2 aromatic heterocycles. The molecular formula is C16H20N4S. The predicted molar refractivity (Wildman–Crippen MR) is 88.4 cm³/mol. The molecule has 0 bridgehead atoms. The van der Waals surface area contributed by atoms with Gasteiger partial charge in [0, 0.05) is 10.9 Å². The van der Waals surface area contributed by atoms with E-state index in [1.165, 1.54) is 0 Å². The first kappa shape index (κ1) is 14.2. The summed E-state index contributed by atoms with van der Waals surface area (Å²) in [6.45, 7) is 8.51. The van der Waals surface area contributed by atoms with E-state index in [1.807, 2.05) is 30.5 Å². The number of aromatic nitrogens is 3. The molecule has 0 saturated carbocycles. The molecule has 3 aromatic rings. The number of nitrogens with two attached hydrogens (primary N) is 1. The molecule has 1 unspecified atom stereocenters. The highest BCUT2D eigenvalue weighted by Crippen LogP contribution is 2.32. The van der Waals surface area contributed by atoms with Gasteiger partial charge in [-0.1, -0.05) is 12.1 Å². The van der Waals surface area contributed by atoms with Crippen molar-refractivity contribution in [1.29, 1.82) is 0 Å². The molecule has 0 amide bonds. The number of hydrogen-bond acceptors (Lipinski definition) is 4. The van der Waals surface area contributed by atoms with E-state index in [-0.39, 0.29) is 11.6 Å². The van der Waals surface area contributed by atoms with Gasteiger partial charge in [-0.2, -0.15) is 0 Å². The topological polar surface area (TPSA) is 56.7 Å². The maximum absolute atomic E-state index is 5.92. The third kappa shape index (κ3) is 2.47. The van der Waals surface area contributed by atoms with Gasteiger partial charge in [0.25, 0.3) is 0 Å². The van der Waals surface area contributed by atoms with E-state index in [0.29, 0.717) is 0 Å². The maximum atomic E-state index is 5.92. The van der Waals surface area contributed by atoms with Crippen LogP contribution in [0.2, 0.25) is 0 Å². The third-order valence-electron chi connectivity index (χ3n) is 3.37. The number of imidazole rings is 1. The molecule has 1 aromatic carbocycles. The number of rotatable bonds is 2. The van der Waals surface area contributed by atoms with Crippen LogP contribution in [-0.4, -0.2) is 14.5 Å². The molecule has 2 N–H and O–H groups in total. The van der Waals surface area contributed by atoms with E-state index in [1.54, 1.807) is 11.3 Å². The number of hydrogen-bond donors (Lipinski definition) is 1. The van der Waals surface area contributed by atoms with Crippen LogP contribution >= 0.6 is 11.3 Å². The minimum absolute atomic E-state index is 0.0452. The van der Waals surface area contributed by atoms with Crippen LogP contribution in [-0.2, 0) is 5.54 Å². The summed E-state index contributed by atoms with van der Waals surface area (Å²) in [6.07, 6.45) is 0. The highest BCUT2D eigenvalue weighted by Gasteiger charge is 2.23. The van der Waals surface area contributed by atoms with Crippen LogP contribution in [0.1, 0.15) is 38.7 Å². The SMILES string of the molecule is CC(N)c1nc(-c2nc3ccccc3n2C(C)(C)C)cs1. The van der Waals surface area contributed by atoms with Gasteiger partial charge in [-0.15, -0.1) is 11.3 Å². The van der Waals surface area contributed by atoms with Crippen LogP contribution in [0, 0.1) is 0 Å². The van der Waals surface area contributed by atoms with Gasteiger partial charge in [-0.3, -0.25) is 0 Å². The molecule has 0 aliphatic rings. The summed E-state index contributed by atoms with van der Waals surface area (Å²) >= 11 is 1.59. The van der Waals surface area contributed by atoms with Crippen LogP contribution < -0.4 is 5.73 Å². The van der Waals surface area contributed by atoms with Crippen molar-refractivity contribution in [2.75, 3.05) is 0 Å². The number of para-hydroxylation sites is 2. The molecule has 1 atom stereocenters. The molecule has 0 radical (unpaired) electrons. The minimum atomic E-state index is -0.0659. The highest BCUT2D eigenvalue weighted by atomic mass is 32.1. The van der Waals surface area contributed by atoms with Crippen LogP contribution in [0.5, 0.6) is 0 Å². The van der Waals surface area contributed by atoms with Crippen LogP contribution in [0.25, 0.3) is 22.6 Å². The van der Waals surface area contributed by atoms with Crippen LogP contribution in [0.3, 0.4) is 0 Å². The Morgan fingerprint density at radius 1 is 1.19 bits per heavy atom. The van der Waals surface area contributed by atoms with Crippen molar-refractivity contribution < 1.29 is 0 Å². The molecule has 0 aliphatic heterocycles. The van der Waals surface area contributed by atoms with E-state index in [4.69, 9.17) is 10.7 Å². The van der Waals surface area contributed by atoms with Crippen molar-refractivity contribution in [2.45, 2.75) is 39.3 Å². The monoisotopic (exact) mass is 300 g/mol. The smallest absolute Gasteiger partial charge is 0.161 e. The summed E-state index contributed by atoms with van der Waals surface area (Å²) in [4.78, 5) is 9.45. The first-order valence-corrected chi connectivity index (χ1v) is 7.95. The average Bonchev–Trinajstić information content (AvgIpc) is 3.02. The summed E-state index contributed by atoms with van der Waals surface area (Å²) in [5, 5.41) is 2.99. The first-order chi connectivity index (χ1) is 9.88. The van der Waals surface area contributed by atoms with E-state index in [0.717, 1.165) is 27.6 Å². The van der Waals surface area contributed by atoms with Crippen molar-refractivity contribution >= 4 is 22.4 Å². The lowest BCUT2D eigenvalue weighted by Crippen LogP contribution is -2.22. The molecule has 0 aliphatic carbocycles. The van der Waals surface area contributed by atoms with Crippen molar-refractivity contribution in [3.8, 4) is 11.5 Å². The summed E-state index contributed by atoms with van der Waals surface area (Å²) in [7, 11) is 0. The Morgan fingerprint density at radius 2 is 1.90 bits per heavy atom. The summed E-state index contributed by atoms with van der Waals surface area (Å²) in [6, 6.07) is 8.16. The normalized spacial score (nSPS) is 13.8. The van der Waals surface area contributed by atoms with Gasteiger partial charge in [-0.25, -0.2) is 9.97 Å². The Kier molecular flexibility index (Phi) is 3.34. The quantitative estimate of drug-likeness (QED) is 0.780. The number of thiazole rings is 1. The second-order valence-electron chi connectivity index (χ2n) is 6.29. The lowest BCUT2D eigenvalue weighted by molar-refractivity contribution is 0.412. The summed E-state index contributed by atoms with van der Waals surface area (Å²) in [5.41, 5.74) is 8.89. The van der Waals surface area contributed by atoms with Crippen LogP contribution in [0.15, 0.2) is 29.6 Å². The number of fused-ring (bicyclic) bond motifs is 1. The van der Waals surface area contributed by atoms with Crippen molar-refractivity contribution in [1.82, 2.24) is 14.5 Å². The molecule has 0 spiro atoms. The molecule has 5 heteroatoms. The van der Waals surface area contributed by atoms with Crippen molar-refractivity contribution in [3.05, 3.63) is 34.7 Å². The van der Waals surface area contributed by atoms with E-state index in [2.05, 4.69) is 36.4 Å². The lowest BCUT2D eigenvalue weighted by Gasteiger charge is -2.24. The minimum Gasteiger partial charge on any atom is -0.322 e. The summed E-state index contributed by atoms with van der Waals surface area (Å²) in [5.74, 6) is 0.909. The highest BCUT2D eigenvalue weighted by molar-refractivity contribution is 7.10. The van der Waals surface area contributed by atoms with Crippen molar-refractivity contribution in [2.24, 2.45) is 5.73 Å². The zero-order valence-electron chi connectivity index (χ0n) is 12.8. The van der Waals surface area contributed by atoms with Crippen molar-refractivity contribution in [3.63, 3.8) is 0 Å². The standard InChI is InChI=1S/C16H20N4S/c1-10(17)15-19-12(9-21-15)14-18-11-7-5-6-8-13(11)20(14)16(2,3)4/h5-10H,17H2,1-4H3. The molecule has 3 rings (SSSR count). The Bertz CT molecular complexity index is 777. The van der Waals surface area contributed by atoms with Gasteiger partial charge in [0.15, 0.2) is 5.82 Å². The first-order valence-electron chi connectivity index (χ1n) is 7.07. The molecule has 21 heavy (non-hydrogen) atoms. The van der Waals surface area contributed by atoms with Gasteiger partial charge in [0.05, 0.1) is 17.1 Å². The Morgan fingerprint density at radius 3 is 2.52 bits per heavy atom. The fourth-order valence-electron chi connectivity index (χ4n) is 2.48. The van der Waals surface area contributed by atoms with Gasteiger partial charge in [0.2, 0.25) is 0 Å². The zero-order chi connectivity index (χ0) is 15.2. The Balaban J connectivity index is 2.26. The molecule has 4 nitrogen and oxygen atoms in total. The van der Waals surface area contributed by atoms with Gasteiger partial charge in [0.1, 0.15) is 10.7 Å². The lowest BCUT2D eigenvalue weighted by atomic mass is 10.1. The molecular weight excluding hydrogens is 280 g/mol. The predicted octanol–water partition coefficient (Wildman–Crippen LogP) is 3.93. The molecule has 2 heterocycles. The van der Waals surface area contributed by atoms with Gasteiger partial charge >= 0.3 is 0 Å². The Hall–Kier alpha value is -1.72. The zero-order valence-corrected chi connectivity index (χ0v) is 13.6. The van der Waals surface area contributed by atoms with E-state index < -0.39 is 0 Å². The second kappa shape index (κ2) is 4.93. The number of nitrogens with zero attached hydrogens (tertiary/aromatic N) is 3. The maximum Gasteiger partial charge on any atom is 0.161 e. The second-order valence-corrected chi connectivity index (χ2v) is 7.18. The van der Waals surface area contributed by atoms with Gasteiger partial charge < -0.3 is 10.3 Å². The molecule has 0 fully saturated rings. The molecule has 0 saturated heterocycles. The van der Waals surface area contributed by atoms with Gasteiger partial charge in [-0.05, 0) is 39.8 Å². The fourth-order valence-corrected chi connectivity index (χ4v) is 3.23. The third-order valence-corrected chi connectivity index (χ3v) is 4.42. The van der Waals surface area contributed by atoms with E-state index in [9.17, 15) is 0 Å². The Labute approximate surface area is 128 Å². The summed E-state index contributed by atoms with van der Waals surface area (Å²) < 4.78 is 2.25. The largest absolute Gasteiger partial charge is 0.322 e. The van der Waals surface area contributed by atoms with Crippen LogP contribution in [0.4, 0.5) is 0 Å². The molecule has 110 valence electrons. The fraction of sp³-hybridized carbons (Fsp3) is 0.375. The average molecular weight is 300 g/mol. The van der Waals surface area contributed by atoms with E-state index >= 15 is 0 Å². The number of benzene rings is 1.